The van der Waals surface area contributed by atoms with Gasteiger partial charge in [-0.05, 0) is 37.8 Å². The fraction of sp³-hybridized carbons (Fsp3) is 0.654. The second-order valence-electron chi connectivity index (χ2n) is 10.4. The number of nitrogens with zero attached hydrogens (tertiary/aromatic N) is 3. The van der Waals surface area contributed by atoms with Crippen LogP contribution in [0.2, 0.25) is 0 Å². The summed E-state index contributed by atoms with van der Waals surface area (Å²) >= 11 is 1.55. The number of hydrogen-bond donors (Lipinski definition) is 1. The summed E-state index contributed by atoms with van der Waals surface area (Å²) in [6.45, 7) is 7.85. The SMILES string of the molecule is CN(c1cc(C(C)(C)C)nc(SCc2ccc(C(=O)NC[C@@H]3CCCO3)o2)n1)C1CCCCC1. The topological polar surface area (TPSA) is 80.5 Å². The minimum absolute atomic E-state index is 0.0701. The minimum Gasteiger partial charge on any atom is -0.455 e. The lowest BCUT2D eigenvalue weighted by atomic mass is 9.91. The Morgan fingerprint density at radius 3 is 2.65 bits per heavy atom. The fourth-order valence-electron chi connectivity index (χ4n) is 4.51. The molecule has 0 unspecified atom stereocenters. The van der Waals surface area contributed by atoms with Crippen molar-refractivity contribution >= 4 is 23.5 Å². The Morgan fingerprint density at radius 1 is 1.15 bits per heavy atom. The largest absolute Gasteiger partial charge is 0.455 e. The summed E-state index contributed by atoms with van der Waals surface area (Å²) in [5.74, 6) is 2.42. The summed E-state index contributed by atoms with van der Waals surface area (Å²) in [6, 6.07) is 6.27. The Labute approximate surface area is 207 Å². The molecule has 1 aliphatic carbocycles. The van der Waals surface area contributed by atoms with Gasteiger partial charge in [-0.3, -0.25) is 4.79 Å². The summed E-state index contributed by atoms with van der Waals surface area (Å²) < 4.78 is 11.4. The van der Waals surface area contributed by atoms with Crippen molar-refractivity contribution in [2.45, 2.75) is 94.2 Å². The Balaban J connectivity index is 1.41. The Kier molecular flexibility index (Phi) is 8.19. The first-order valence-electron chi connectivity index (χ1n) is 12.5. The summed E-state index contributed by atoms with van der Waals surface area (Å²) in [4.78, 5) is 24.5. The Hall–Kier alpha value is -2.06. The molecule has 3 heterocycles. The number of carbonyl (C=O) groups is 1. The first-order valence-corrected chi connectivity index (χ1v) is 13.5. The number of hydrogen-bond acceptors (Lipinski definition) is 7. The van der Waals surface area contributed by atoms with Crippen molar-refractivity contribution in [3.05, 3.63) is 35.4 Å². The van der Waals surface area contributed by atoms with Gasteiger partial charge in [-0.1, -0.05) is 51.8 Å². The third kappa shape index (κ3) is 6.54. The van der Waals surface area contributed by atoms with Gasteiger partial charge < -0.3 is 19.4 Å². The molecular formula is C26H38N4O3S. The van der Waals surface area contributed by atoms with Crippen LogP contribution in [-0.2, 0) is 15.9 Å². The quantitative estimate of drug-likeness (QED) is 0.399. The highest BCUT2D eigenvalue weighted by molar-refractivity contribution is 7.98. The van der Waals surface area contributed by atoms with Crippen LogP contribution in [0.5, 0.6) is 0 Å². The molecule has 1 N–H and O–H groups in total. The average Bonchev–Trinajstić information content (AvgIpc) is 3.53. The summed E-state index contributed by atoms with van der Waals surface area (Å²) in [7, 11) is 2.16. The van der Waals surface area contributed by atoms with Gasteiger partial charge in [0.05, 0.1) is 17.6 Å². The van der Waals surface area contributed by atoms with Gasteiger partial charge in [-0.15, -0.1) is 0 Å². The molecule has 2 aromatic heterocycles. The van der Waals surface area contributed by atoms with Gasteiger partial charge in [-0.2, -0.15) is 0 Å². The number of ether oxygens (including phenoxy) is 1. The molecule has 1 amide bonds. The van der Waals surface area contributed by atoms with E-state index in [9.17, 15) is 4.79 Å². The third-order valence-corrected chi connectivity index (χ3v) is 7.56. The van der Waals surface area contributed by atoms with Gasteiger partial charge >= 0.3 is 0 Å². The van der Waals surface area contributed by atoms with Crippen molar-refractivity contribution in [3.8, 4) is 0 Å². The Bertz CT molecular complexity index is 959. The lowest BCUT2D eigenvalue weighted by molar-refractivity contribution is 0.0834. The molecule has 186 valence electrons. The first kappa shape index (κ1) is 25.0. The van der Waals surface area contributed by atoms with Crippen LogP contribution in [0.4, 0.5) is 5.82 Å². The van der Waals surface area contributed by atoms with Gasteiger partial charge in [0.2, 0.25) is 0 Å². The molecule has 1 saturated carbocycles. The minimum atomic E-state index is -0.200. The van der Waals surface area contributed by atoms with Gasteiger partial charge in [0, 0.05) is 37.7 Å². The molecule has 8 heteroatoms. The molecule has 34 heavy (non-hydrogen) atoms. The van der Waals surface area contributed by atoms with E-state index >= 15 is 0 Å². The van der Waals surface area contributed by atoms with E-state index in [4.69, 9.17) is 19.1 Å². The van der Waals surface area contributed by atoms with Gasteiger partial charge in [0.15, 0.2) is 10.9 Å². The molecule has 1 saturated heterocycles. The zero-order valence-corrected chi connectivity index (χ0v) is 21.7. The molecule has 2 aromatic rings. The van der Waals surface area contributed by atoms with Crippen molar-refractivity contribution < 1.29 is 13.9 Å². The van der Waals surface area contributed by atoms with Crippen LogP contribution in [0.15, 0.2) is 27.8 Å². The standard InChI is InChI=1S/C26H38N4O3S/c1-26(2,3)22-15-23(30(4)18-9-6-5-7-10-18)29-25(28-22)34-17-20-12-13-21(33-20)24(31)27-16-19-11-8-14-32-19/h12-13,15,18-19H,5-11,14,16-17H2,1-4H3,(H,27,31)/t19-/m0/s1. The van der Waals surface area contributed by atoms with Gasteiger partial charge in [0.1, 0.15) is 11.6 Å². The lowest BCUT2D eigenvalue weighted by Crippen LogP contribution is -2.34. The zero-order chi connectivity index (χ0) is 24.1. The maximum Gasteiger partial charge on any atom is 0.287 e. The van der Waals surface area contributed by atoms with Gasteiger partial charge in [-0.25, -0.2) is 9.97 Å². The number of thioether (sulfide) groups is 1. The van der Waals surface area contributed by atoms with E-state index in [-0.39, 0.29) is 17.4 Å². The zero-order valence-electron chi connectivity index (χ0n) is 20.9. The average molecular weight is 487 g/mol. The van der Waals surface area contributed by atoms with E-state index in [1.54, 1.807) is 17.8 Å². The second-order valence-corrected chi connectivity index (χ2v) is 11.4. The normalized spacial score (nSPS) is 19.4. The first-order chi connectivity index (χ1) is 16.3. The third-order valence-electron chi connectivity index (χ3n) is 6.69. The maximum atomic E-state index is 12.4. The van der Waals surface area contributed by atoms with E-state index in [1.165, 1.54) is 32.1 Å². The molecular weight excluding hydrogens is 448 g/mol. The van der Waals surface area contributed by atoms with E-state index in [2.05, 4.69) is 44.1 Å². The van der Waals surface area contributed by atoms with Gasteiger partial charge in [0.25, 0.3) is 5.91 Å². The van der Waals surface area contributed by atoms with Crippen molar-refractivity contribution in [2.24, 2.45) is 0 Å². The molecule has 0 radical (unpaired) electrons. The molecule has 1 atom stereocenters. The number of rotatable bonds is 8. The predicted molar refractivity (Wildman–Crippen MR) is 136 cm³/mol. The summed E-state index contributed by atoms with van der Waals surface area (Å²) in [6.07, 6.45) is 8.51. The number of nitrogens with one attached hydrogen (secondary N) is 1. The van der Waals surface area contributed by atoms with Crippen LogP contribution >= 0.6 is 11.8 Å². The molecule has 1 aliphatic heterocycles. The number of amides is 1. The van der Waals surface area contributed by atoms with E-state index < -0.39 is 0 Å². The highest BCUT2D eigenvalue weighted by Gasteiger charge is 2.24. The molecule has 0 bridgehead atoms. The Morgan fingerprint density at radius 2 is 1.94 bits per heavy atom. The highest BCUT2D eigenvalue weighted by Crippen LogP contribution is 2.31. The van der Waals surface area contributed by atoms with Crippen LogP contribution in [0, 0.1) is 0 Å². The molecule has 2 fully saturated rings. The molecule has 2 aliphatic rings. The van der Waals surface area contributed by atoms with Crippen LogP contribution in [0.1, 0.15) is 87.7 Å². The van der Waals surface area contributed by atoms with Crippen molar-refractivity contribution in [1.29, 1.82) is 0 Å². The van der Waals surface area contributed by atoms with Crippen LogP contribution < -0.4 is 10.2 Å². The molecule has 7 nitrogen and oxygen atoms in total. The van der Waals surface area contributed by atoms with Crippen molar-refractivity contribution in [3.63, 3.8) is 0 Å². The monoisotopic (exact) mass is 486 g/mol. The van der Waals surface area contributed by atoms with E-state index in [0.717, 1.165) is 41.9 Å². The second kappa shape index (κ2) is 11.1. The summed E-state index contributed by atoms with van der Waals surface area (Å²) in [5.41, 5.74) is 0.968. The fourth-order valence-corrected chi connectivity index (χ4v) is 5.26. The van der Waals surface area contributed by atoms with Crippen LogP contribution in [0.25, 0.3) is 0 Å². The molecule has 0 aromatic carbocycles. The summed E-state index contributed by atoms with van der Waals surface area (Å²) in [5, 5.41) is 3.65. The number of aromatic nitrogens is 2. The number of carbonyl (C=O) groups excluding carboxylic acids is 1. The lowest BCUT2D eigenvalue weighted by Gasteiger charge is -2.33. The van der Waals surface area contributed by atoms with Crippen molar-refractivity contribution in [1.82, 2.24) is 15.3 Å². The van der Waals surface area contributed by atoms with E-state index in [1.807, 2.05) is 6.07 Å². The van der Waals surface area contributed by atoms with Crippen LogP contribution in [0.3, 0.4) is 0 Å². The van der Waals surface area contributed by atoms with Crippen molar-refractivity contribution in [2.75, 3.05) is 25.1 Å². The molecule has 4 rings (SSSR count). The predicted octanol–water partition coefficient (Wildman–Crippen LogP) is 5.34. The highest BCUT2D eigenvalue weighted by atomic mass is 32.2. The smallest absolute Gasteiger partial charge is 0.287 e. The number of furan rings is 1. The van der Waals surface area contributed by atoms with Crippen LogP contribution in [-0.4, -0.2) is 48.2 Å². The maximum absolute atomic E-state index is 12.4. The molecule has 0 spiro atoms. The van der Waals surface area contributed by atoms with E-state index in [0.29, 0.717) is 24.1 Å². The number of anilines is 1.